The van der Waals surface area contributed by atoms with Crippen molar-refractivity contribution in [2.24, 2.45) is 5.73 Å². The molecule has 11 heteroatoms. The van der Waals surface area contributed by atoms with E-state index in [1.54, 1.807) is 0 Å². The van der Waals surface area contributed by atoms with Crippen molar-refractivity contribution in [2.75, 3.05) is 26.4 Å². The van der Waals surface area contributed by atoms with Crippen molar-refractivity contribution < 1.29 is 42.7 Å². The van der Waals surface area contributed by atoms with E-state index in [9.17, 15) is 19.0 Å². The third-order valence-electron chi connectivity index (χ3n) is 10.8. The van der Waals surface area contributed by atoms with E-state index in [1.807, 2.05) is 0 Å². The van der Waals surface area contributed by atoms with Gasteiger partial charge in [0, 0.05) is 13.0 Å². The number of aliphatic carboxylic acids is 1. The molecule has 3 unspecified atom stereocenters. The van der Waals surface area contributed by atoms with Gasteiger partial charge in [0.15, 0.2) is 0 Å². The van der Waals surface area contributed by atoms with E-state index in [4.69, 9.17) is 29.4 Å². The lowest BCUT2D eigenvalue weighted by atomic mass is 10.0. The molecule has 0 fully saturated rings. The Bertz CT molecular complexity index is 982. The lowest BCUT2D eigenvalue weighted by Gasteiger charge is -2.20. The minimum atomic E-state index is -4.61. The van der Waals surface area contributed by atoms with Crippen LogP contribution in [-0.2, 0) is 32.7 Å². The van der Waals surface area contributed by atoms with Crippen LogP contribution in [0.25, 0.3) is 0 Å². The molecule has 4 N–H and O–H groups in total. The lowest BCUT2D eigenvalue weighted by molar-refractivity contribution is -0.154. The summed E-state index contributed by atoms with van der Waals surface area (Å²) >= 11 is 0. The molecule has 58 heavy (non-hydrogen) atoms. The molecule has 0 aliphatic heterocycles. The maximum Gasteiger partial charge on any atom is 0.472 e. The second kappa shape index (κ2) is 43.8. The monoisotopic (exact) mass is 846 g/mol. The van der Waals surface area contributed by atoms with Gasteiger partial charge in [0.1, 0.15) is 12.1 Å². The zero-order valence-corrected chi connectivity index (χ0v) is 38.6. The molecule has 344 valence electrons. The molecule has 0 aromatic carbocycles. The van der Waals surface area contributed by atoms with Gasteiger partial charge in [0.05, 0.1) is 19.8 Å². The molecule has 0 aliphatic rings. The highest BCUT2D eigenvalue weighted by atomic mass is 31.2. The number of hydrogen-bond acceptors (Lipinski definition) is 8. The minimum Gasteiger partial charge on any atom is -0.480 e. The highest BCUT2D eigenvalue weighted by molar-refractivity contribution is 7.47. The summed E-state index contributed by atoms with van der Waals surface area (Å²) in [5.74, 6) is -1.77. The highest BCUT2D eigenvalue weighted by Gasteiger charge is 2.27. The molecule has 0 aromatic rings. The number of ether oxygens (including phenoxy) is 2. The molecule has 0 aromatic heterocycles. The number of carboxylic acid groups (broad SMARTS) is 1. The number of rotatable bonds is 47. The molecule has 3 atom stereocenters. The minimum absolute atomic E-state index is 0.0186. The number of esters is 1. The van der Waals surface area contributed by atoms with Gasteiger partial charge in [0.25, 0.3) is 0 Å². The predicted molar refractivity (Wildman–Crippen MR) is 240 cm³/mol. The number of allylic oxidation sites excluding steroid dienone is 2. The van der Waals surface area contributed by atoms with Crippen molar-refractivity contribution in [3.8, 4) is 0 Å². The zero-order valence-electron chi connectivity index (χ0n) is 37.7. The number of hydrogen-bond donors (Lipinski definition) is 3. The van der Waals surface area contributed by atoms with Gasteiger partial charge in [-0.15, -0.1) is 0 Å². The van der Waals surface area contributed by atoms with Crippen molar-refractivity contribution in [1.82, 2.24) is 0 Å². The van der Waals surface area contributed by atoms with Gasteiger partial charge in [-0.25, -0.2) is 4.57 Å². The van der Waals surface area contributed by atoms with Crippen LogP contribution in [0.5, 0.6) is 0 Å². The van der Waals surface area contributed by atoms with Gasteiger partial charge in [0.2, 0.25) is 0 Å². The maximum absolute atomic E-state index is 12.7. The summed E-state index contributed by atoms with van der Waals surface area (Å²) in [4.78, 5) is 33.6. The molecule has 0 bridgehead atoms. The average molecular weight is 846 g/mol. The second-order valence-corrected chi connectivity index (χ2v) is 18.1. The first-order valence-corrected chi connectivity index (χ1v) is 25.7. The molecule has 0 heterocycles. The molecule has 10 nitrogen and oxygen atoms in total. The molecule has 0 saturated carbocycles. The van der Waals surface area contributed by atoms with Gasteiger partial charge in [-0.2, -0.15) is 0 Å². The number of phosphoric acid groups is 1. The fourth-order valence-corrected chi connectivity index (χ4v) is 7.79. The number of nitrogens with two attached hydrogens (primary N) is 1. The summed E-state index contributed by atoms with van der Waals surface area (Å²) in [7, 11) is -4.61. The SMILES string of the molecule is CCCCCCCCC/C=C\CCCCCCCCOCC(COP(=O)(O)OCC(N)C(=O)O)OC(=O)CCCCCCCCCCCCCCCCCCCCC. The number of phosphoric ester groups is 1. The lowest BCUT2D eigenvalue weighted by Crippen LogP contribution is -2.34. The van der Waals surface area contributed by atoms with Crippen molar-refractivity contribution in [1.29, 1.82) is 0 Å². The Kier molecular flexibility index (Phi) is 42.8. The Morgan fingerprint density at radius 1 is 0.534 bits per heavy atom. The largest absolute Gasteiger partial charge is 0.480 e. The number of carbonyl (C=O) groups is 2. The van der Waals surface area contributed by atoms with Crippen LogP contribution in [0.2, 0.25) is 0 Å². The van der Waals surface area contributed by atoms with Crippen molar-refractivity contribution in [3.05, 3.63) is 12.2 Å². The Morgan fingerprint density at radius 2 is 0.897 bits per heavy atom. The van der Waals surface area contributed by atoms with Crippen LogP contribution in [0.15, 0.2) is 12.2 Å². The first kappa shape index (κ1) is 56.7. The van der Waals surface area contributed by atoms with Crippen LogP contribution in [0.4, 0.5) is 0 Å². The van der Waals surface area contributed by atoms with Gasteiger partial charge in [-0.1, -0.05) is 206 Å². The molecule has 0 radical (unpaired) electrons. The van der Waals surface area contributed by atoms with E-state index in [-0.39, 0.29) is 13.0 Å². The Hall–Kier alpha value is -1.29. The molecular formula is C47H92NO9P. The van der Waals surface area contributed by atoms with Gasteiger partial charge in [-0.05, 0) is 38.5 Å². The van der Waals surface area contributed by atoms with Crippen LogP contribution in [0.3, 0.4) is 0 Å². The first-order valence-electron chi connectivity index (χ1n) is 24.2. The van der Waals surface area contributed by atoms with E-state index >= 15 is 0 Å². The van der Waals surface area contributed by atoms with Crippen LogP contribution in [0.1, 0.15) is 239 Å². The standard InChI is InChI=1S/C47H92NO9P/c1-3-5-7-9-11-13-15-17-19-21-22-23-25-27-29-31-33-35-37-39-46(49)57-44(42-55-58(52,53)56-43-45(48)47(50)51)41-54-40-38-36-34-32-30-28-26-24-20-18-16-14-12-10-8-6-4-2/h20,24,44-45H,3-19,21-23,25-43,48H2,1-2H3,(H,50,51)(H,52,53)/b24-20-. The zero-order chi connectivity index (χ0) is 42.6. The number of carboxylic acids is 1. The molecule has 0 amide bonds. The van der Waals surface area contributed by atoms with E-state index in [0.717, 1.165) is 44.9 Å². The molecule has 0 rings (SSSR count). The van der Waals surface area contributed by atoms with Crippen LogP contribution in [0, 0.1) is 0 Å². The summed E-state index contributed by atoms with van der Waals surface area (Å²) in [6.45, 7) is 3.91. The number of carbonyl (C=O) groups excluding carboxylic acids is 1. The van der Waals surface area contributed by atoms with Crippen LogP contribution in [-0.4, -0.2) is 60.5 Å². The summed E-state index contributed by atoms with van der Waals surface area (Å²) in [5, 5.41) is 8.91. The average Bonchev–Trinajstić information content (AvgIpc) is 3.20. The second-order valence-electron chi connectivity index (χ2n) is 16.6. The first-order chi connectivity index (χ1) is 28.2. The van der Waals surface area contributed by atoms with E-state index in [0.29, 0.717) is 6.61 Å². The smallest absolute Gasteiger partial charge is 0.472 e. The molecular weight excluding hydrogens is 753 g/mol. The molecule has 0 spiro atoms. The molecule has 0 saturated heterocycles. The van der Waals surface area contributed by atoms with Gasteiger partial charge < -0.3 is 25.2 Å². The summed E-state index contributed by atoms with van der Waals surface area (Å²) < 4.78 is 33.4. The Balaban J connectivity index is 4.15. The van der Waals surface area contributed by atoms with Crippen molar-refractivity contribution in [2.45, 2.75) is 251 Å². The van der Waals surface area contributed by atoms with Crippen LogP contribution < -0.4 is 5.73 Å². The van der Waals surface area contributed by atoms with E-state index in [1.165, 1.54) is 173 Å². The summed E-state index contributed by atoms with van der Waals surface area (Å²) in [6.07, 6.45) is 46.9. The summed E-state index contributed by atoms with van der Waals surface area (Å²) in [6, 6.07) is -1.47. The van der Waals surface area contributed by atoms with E-state index in [2.05, 4.69) is 26.0 Å². The van der Waals surface area contributed by atoms with Crippen molar-refractivity contribution >= 4 is 19.8 Å². The van der Waals surface area contributed by atoms with Gasteiger partial charge >= 0.3 is 19.8 Å². The maximum atomic E-state index is 12.7. The Morgan fingerprint density at radius 3 is 1.31 bits per heavy atom. The van der Waals surface area contributed by atoms with E-state index < -0.39 is 45.1 Å². The number of unbranched alkanes of at least 4 members (excludes halogenated alkanes) is 31. The summed E-state index contributed by atoms with van der Waals surface area (Å²) in [5.41, 5.74) is 5.37. The Labute approximate surface area is 356 Å². The predicted octanol–water partition coefficient (Wildman–Crippen LogP) is 13.7. The normalized spacial score (nSPS) is 13.9. The quantitative estimate of drug-likeness (QED) is 0.0233. The highest BCUT2D eigenvalue weighted by Crippen LogP contribution is 2.43. The van der Waals surface area contributed by atoms with Crippen molar-refractivity contribution in [3.63, 3.8) is 0 Å². The topological polar surface area (TPSA) is 155 Å². The third-order valence-corrected chi connectivity index (χ3v) is 11.7. The fourth-order valence-electron chi connectivity index (χ4n) is 7.01. The van der Waals surface area contributed by atoms with Crippen LogP contribution >= 0.6 is 7.82 Å². The fraction of sp³-hybridized carbons (Fsp3) is 0.915. The van der Waals surface area contributed by atoms with Gasteiger partial charge in [-0.3, -0.25) is 18.6 Å². The molecule has 0 aliphatic carbocycles. The third kappa shape index (κ3) is 42.8.